The van der Waals surface area contributed by atoms with Crippen molar-refractivity contribution >= 4 is 15.9 Å². The second kappa shape index (κ2) is 5.78. The highest BCUT2D eigenvalue weighted by Crippen LogP contribution is 2.20. The van der Waals surface area contributed by atoms with Crippen LogP contribution in [0.25, 0.3) is 0 Å². The lowest BCUT2D eigenvalue weighted by molar-refractivity contribution is -0.0314. The van der Waals surface area contributed by atoms with Crippen molar-refractivity contribution in [3.63, 3.8) is 0 Å². The van der Waals surface area contributed by atoms with Crippen LogP contribution in [-0.4, -0.2) is 24.3 Å². The van der Waals surface area contributed by atoms with Crippen LogP contribution < -0.4 is 0 Å². The van der Waals surface area contributed by atoms with Crippen molar-refractivity contribution in [2.24, 2.45) is 0 Å². The highest BCUT2D eigenvalue weighted by molar-refractivity contribution is 9.09. The second-order valence-electron chi connectivity index (χ2n) is 3.30. The number of alkyl halides is 1. The van der Waals surface area contributed by atoms with Gasteiger partial charge in [0, 0.05) is 13.2 Å². The zero-order valence-corrected chi connectivity index (χ0v) is 9.84. The fraction of sp³-hybridized carbons (Fsp3) is 0.800. The molecular weight excluding hydrogens is 232 g/mol. The summed E-state index contributed by atoms with van der Waals surface area (Å²) < 4.78 is 11.1. The quantitative estimate of drug-likeness (QED) is 0.565. The Morgan fingerprint density at radius 1 is 1.54 bits per heavy atom. The van der Waals surface area contributed by atoms with Gasteiger partial charge in [0.2, 0.25) is 0 Å². The number of hydrogen-bond acceptors (Lipinski definition) is 2. The van der Waals surface area contributed by atoms with Gasteiger partial charge in [0.15, 0.2) is 0 Å². The van der Waals surface area contributed by atoms with Crippen molar-refractivity contribution in [2.75, 3.05) is 13.2 Å². The van der Waals surface area contributed by atoms with Gasteiger partial charge in [-0.2, -0.15) is 0 Å². The third-order valence-corrected chi connectivity index (χ3v) is 3.23. The molecule has 0 spiro atoms. The Labute approximate surface area is 88.4 Å². The van der Waals surface area contributed by atoms with Crippen LogP contribution in [-0.2, 0) is 9.47 Å². The van der Waals surface area contributed by atoms with E-state index in [1.54, 1.807) is 0 Å². The van der Waals surface area contributed by atoms with Gasteiger partial charge in [-0.1, -0.05) is 22.0 Å². The van der Waals surface area contributed by atoms with E-state index in [-0.39, 0.29) is 5.01 Å². The summed E-state index contributed by atoms with van der Waals surface area (Å²) >= 11 is 3.51. The van der Waals surface area contributed by atoms with E-state index in [4.69, 9.17) is 9.47 Å². The molecule has 0 saturated carbocycles. The van der Waals surface area contributed by atoms with E-state index in [0.717, 1.165) is 26.1 Å². The van der Waals surface area contributed by atoms with Crippen molar-refractivity contribution in [3.8, 4) is 0 Å². The number of hydrogen-bond donors (Lipinski definition) is 0. The van der Waals surface area contributed by atoms with E-state index in [1.165, 1.54) is 5.57 Å². The largest absolute Gasteiger partial charge is 0.381 e. The Kier molecular flexibility index (Phi) is 4.99. The predicted octanol–water partition coefficient (Wildman–Crippen LogP) is 2.87. The molecular formula is C10H17BrO2. The first-order valence-electron chi connectivity index (χ1n) is 4.74. The smallest absolute Gasteiger partial charge is 0.133 e. The normalized spacial score (nSPS) is 23.2. The van der Waals surface area contributed by atoms with Crippen LogP contribution in [0.2, 0.25) is 0 Å². The third kappa shape index (κ3) is 3.79. The first-order valence-corrected chi connectivity index (χ1v) is 5.65. The van der Waals surface area contributed by atoms with Gasteiger partial charge in [-0.3, -0.25) is 0 Å². The summed E-state index contributed by atoms with van der Waals surface area (Å²) in [5.74, 6) is 0. The molecule has 0 amide bonds. The zero-order valence-electron chi connectivity index (χ0n) is 8.25. The summed E-state index contributed by atoms with van der Waals surface area (Å²) in [4.78, 5) is 0. The summed E-state index contributed by atoms with van der Waals surface area (Å²) in [5, 5.41) is 0.0700. The van der Waals surface area contributed by atoms with Gasteiger partial charge in [-0.05, 0) is 32.3 Å². The number of rotatable bonds is 3. The number of halogens is 1. The third-order valence-electron chi connectivity index (χ3n) is 2.29. The molecule has 0 aliphatic carbocycles. The van der Waals surface area contributed by atoms with E-state index in [9.17, 15) is 0 Å². The van der Waals surface area contributed by atoms with Gasteiger partial charge in [-0.25, -0.2) is 0 Å². The van der Waals surface area contributed by atoms with Crippen LogP contribution in [0, 0.1) is 0 Å². The molecule has 1 aliphatic heterocycles. The maximum absolute atomic E-state index is 5.81. The van der Waals surface area contributed by atoms with Crippen molar-refractivity contribution in [3.05, 3.63) is 11.6 Å². The molecule has 0 aromatic heterocycles. The molecule has 1 rings (SSSR count). The monoisotopic (exact) mass is 248 g/mol. The molecule has 0 radical (unpaired) electrons. The molecule has 0 aromatic rings. The van der Waals surface area contributed by atoms with Crippen LogP contribution in [0.5, 0.6) is 0 Å². The molecule has 1 aliphatic rings. The Morgan fingerprint density at radius 3 is 2.69 bits per heavy atom. The average Bonchev–Trinajstić information content (AvgIpc) is 2.18. The molecule has 1 saturated heterocycles. The molecule has 1 atom stereocenters. The fourth-order valence-corrected chi connectivity index (χ4v) is 1.79. The first kappa shape index (κ1) is 11.2. The molecule has 0 aromatic carbocycles. The van der Waals surface area contributed by atoms with Gasteiger partial charge in [0.1, 0.15) is 5.01 Å². The molecule has 76 valence electrons. The SMILES string of the molecule is CC=C(C)C(Br)OC1CCOCC1. The molecule has 13 heavy (non-hydrogen) atoms. The first-order chi connectivity index (χ1) is 6.24. The summed E-state index contributed by atoms with van der Waals surface area (Å²) in [5.41, 5.74) is 1.23. The van der Waals surface area contributed by atoms with Crippen molar-refractivity contribution in [1.82, 2.24) is 0 Å². The van der Waals surface area contributed by atoms with Crippen molar-refractivity contribution < 1.29 is 9.47 Å². The van der Waals surface area contributed by atoms with Crippen LogP contribution in [0.1, 0.15) is 26.7 Å². The van der Waals surface area contributed by atoms with Crippen LogP contribution in [0.15, 0.2) is 11.6 Å². The average molecular weight is 249 g/mol. The van der Waals surface area contributed by atoms with Gasteiger partial charge < -0.3 is 9.47 Å². The Balaban J connectivity index is 2.30. The lowest BCUT2D eigenvalue weighted by Crippen LogP contribution is -2.26. The molecule has 1 fully saturated rings. The maximum atomic E-state index is 5.81. The zero-order chi connectivity index (χ0) is 9.68. The maximum Gasteiger partial charge on any atom is 0.133 e. The summed E-state index contributed by atoms with van der Waals surface area (Å²) in [6.07, 6.45) is 4.45. The fourth-order valence-electron chi connectivity index (χ4n) is 1.22. The van der Waals surface area contributed by atoms with Crippen LogP contribution in [0.4, 0.5) is 0 Å². The summed E-state index contributed by atoms with van der Waals surface area (Å²) in [7, 11) is 0. The van der Waals surface area contributed by atoms with E-state index in [2.05, 4.69) is 28.9 Å². The minimum Gasteiger partial charge on any atom is -0.381 e. The van der Waals surface area contributed by atoms with Gasteiger partial charge >= 0.3 is 0 Å². The topological polar surface area (TPSA) is 18.5 Å². The predicted molar refractivity (Wildman–Crippen MR) is 57.1 cm³/mol. The van der Waals surface area contributed by atoms with Gasteiger partial charge in [-0.15, -0.1) is 0 Å². The Hall–Kier alpha value is 0.140. The minimum absolute atomic E-state index is 0.0700. The summed E-state index contributed by atoms with van der Waals surface area (Å²) in [6.45, 7) is 5.76. The number of allylic oxidation sites excluding steroid dienone is 1. The van der Waals surface area contributed by atoms with Gasteiger partial charge in [0.05, 0.1) is 6.10 Å². The highest BCUT2D eigenvalue weighted by Gasteiger charge is 2.18. The van der Waals surface area contributed by atoms with Crippen molar-refractivity contribution in [1.29, 1.82) is 0 Å². The highest BCUT2D eigenvalue weighted by atomic mass is 79.9. The lowest BCUT2D eigenvalue weighted by atomic mass is 10.1. The summed E-state index contributed by atoms with van der Waals surface area (Å²) in [6, 6.07) is 0. The minimum atomic E-state index is 0.0700. The Bertz CT molecular complexity index is 174. The molecule has 1 heterocycles. The van der Waals surface area contributed by atoms with Crippen LogP contribution >= 0.6 is 15.9 Å². The number of ether oxygens (including phenoxy) is 2. The molecule has 1 unspecified atom stereocenters. The van der Waals surface area contributed by atoms with E-state index in [0.29, 0.717) is 6.10 Å². The van der Waals surface area contributed by atoms with Gasteiger partial charge in [0.25, 0.3) is 0 Å². The standard InChI is InChI=1S/C10H17BrO2/c1-3-8(2)10(11)13-9-4-6-12-7-5-9/h3,9-10H,4-7H2,1-2H3. The molecule has 0 N–H and O–H groups in total. The molecule has 0 bridgehead atoms. The van der Waals surface area contributed by atoms with E-state index in [1.807, 2.05) is 6.92 Å². The van der Waals surface area contributed by atoms with Crippen molar-refractivity contribution in [2.45, 2.75) is 37.8 Å². The Morgan fingerprint density at radius 2 is 2.15 bits per heavy atom. The second-order valence-corrected chi connectivity index (χ2v) is 4.13. The van der Waals surface area contributed by atoms with E-state index < -0.39 is 0 Å². The lowest BCUT2D eigenvalue weighted by Gasteiger charge is -2.25. The van der Waals surface area contributed by atoms with E-state index >= 15 is 0 Å². The molecule has 3 heteroatoms. The molecule has 2 nitrogen and oxygen atoms in total. The van der Waals surface area contributed by atoms with Crippen LogP contribution in [0.3, 0.4) is 0 Å².